The van der Waals surface area contributed by atoms with Crippen LogP contribution in [-0.2, 0) is 0 Å². The minimum absolute atomic E-state index is 0.808. The molecular weight excluding hydrogens is 246 g/mol. The van der Waals surface area contributed by atoms with Crippen molar-refractivity contribution in [3.8, 4) is 0 Å². The van der Waals surface area contributed by atoms with Crippen LogP contribution in [0.4, 0.5) is 11.4 Å². The fraction of sp³-hybridized carbons (Fsp3) is 0.647. The molecule has 1 atom stereocenters. The Morgan fingerprint density at radius 3 is 2.60 bits per heavy atom. The summed E-state index contributed by atoms with van der Waals surface area (Å²) in [4.78, 5) is 4.90. The molecule has 0 saturated carbocycles. The third kappa shape index (κ3) is 3.66. The van der Waals surface area contributed by atoms with Gasteiger partial charge in [-0.3, -0.25) is 0 Å². The van der Waals surface area contributed by atoms with Crippen LogP contribution in [0.1, 0.15) is 32.6 Å². The van der Waals surface area contributed by atoms with E-state index in [0.717, 1.165) is 25.6 Å². The number of hydrogen-bond acceptors (Lipinski definition) is 3. The Bertz CT molecular complexity index is 405. The van der Waals surface area contributed by atoms with Gasteiger partial charge in [0.15, 0.2) is 0 Å². The molecule has 0 fully saturated rings. The fourth-order valence-corrected chi connectivity index (χ4v) is 3.16. The largest absolute Gasteiger partial charge is 0.371 e. The summed E-state index contributed by atoms with van der Waals surface area (Å²) in [6.07, 6.45) is 5.02. The lowest BCUT2D eigenvalue weighted by molar-refractivity contribution is 0.429. The van der Waals surface area contributed by atoms with Crippen molar-refractivity contribution in [2.24, 2.45) is 11.7 Å². The van der Waals surface area contributed by atoms with Crippen molar-refractivity contribution in [1.29, 1.82) is 0 Å². The number of likely N-dealkylation sites (N-methyl/N-ethyl adjacent to an activating group) is 1. The molecule has 1 heterocycles. The highest BCUT2D eigenvalue weighted by atomic mass is 15.2. The van der Waals surface area contributed by atoms with Crippen LogP contribution >= 0.6 is 0 Å². The number of nitrogens with two attached hydrogens (primary N) is 1. The molecule has 2 rings (SSSR count). The van der Waals surface area contributed by atoms with Gasteiger partial charge in [-0.15, -0.1) is 0 Å². The molecule has 1 aliphatic rings. The number of rotatable bonds is 7. The van der Waals surface area contributed by atoms with Gasteiger partial charge in [0.05, 0.1) is 11.4 Å². The van der Waals surface area contributed by atoms with Crippen molar-refractivity contribution in [1.82, 2.24) is 0 Å². The number of fused-ring (bicyclic) bond motifs is 1. The van der Waals surface area contributed by atoms with E-state index >= 15 is 0 Å². The lowest BCUT2D eigenvalue weighted by atomic mass is 9.96. The monoisotopic (exact) mass is 275 g/mol. The van der Waals surface area contributed by atoms with Crippen LogP contribution in [0, 0.1) is 5.92 Å². The molecule has 20 heavy (non-hydrogen) atoms. The number of anilines is 2. The van der Waals surface area contributed by atoms with Crippen molar-refractivity contribution in [3.63, 3.8) is 0 Å². The van der Waals surface area contributed by atoms with Gasteiger partial charge in [0, 0.05) is 26.7 Å². The van der Waals surface area contributed by atoms with E-state index in [1.54, 1.807) is 0 Å². The average Bonchev–Trinajstić information content (AvgIpc) is 2.49. The van der Waals surface area contributed by atoms with Crippen molar-refractivity contribution in [3.05, 3.63) is 24.3 Å². The summed E-state index contributed by atoms with van der Waals surface area (Å²) < 4.78 is 0. The first-order valence-corrected chi connectivity index (χ1v) is 8.01. The van der Waals surface area contributed by atoms with Crippen molar-refractivity contribution in [2.75, 3.05) is 43.0 Å². The molecule has 2 N–H and O–H groups in total. The second-order valence-corrected chi connectivity index (χ2v) is 5.89. The summed E-state index contributed by atoms with van der Waals surface area (Å²) in [7, 11) is 2.19. The molecule has 0 bridgehead atoms. The van der Waals surface area contributed by atoms with Gasteiger partial charge in [0.2, 0.25) is 0 Å². The molecule has 1 unspecified atom stereocenters. The molecule has 0 amide bonds. The maximum absolute atomic E-state index is 5.68. The summed E-state index contributed by atoms with van der Waals surface area (Å²) >= 11 is 0. The van der Waals surface area contributed by atoms with Gasteiger partial charge < -0.3 is 15.5 Å². The Labute approximate surface area is 123 Å². The van der Waals surface area contributed by atoms with Crippen molar-refractivity contribution >= 4 is 11.4 Å². The highest BCUT2D eigenvalue weighted by molar-refractivity contribution is 5.72. The molecule has 1 aromatic rings. The lowest BCUT2D eigenvalue weighted by Gasteiger charge is -2.37. The van der Waals surface area contributed by atoms with Crippen LogP contribution in [-0.4, -0.2) is 33.2 Å². The average molecular weight is 275 g/mol. The van der Waals surface area contributed by atoms with Gasteiger partial charge in [-0.05, 0) is 43.9 Å². The van der Waals surface area contributed by atoms with E-state index in [2.05, 4.69) is 48.0 Å². The molecule has 1 aliphatic heterocycles. The van der Waals surface area contributed by atoms with Crippen LogP contribution in [0.25, 0.3) is 0 Å². The first kappa shape index (κ1) is 15.2. The van der Waals surface area contributed by atoms with Gasteiger partial charge in [0.25, 0.3) is 0 Å². The van der Waals surface area contributed by atoms with Gasteiger partial charge >= 0.3 is 0 Å². The van der Waals surface area contributed by atoms with E-state index in [9.17, 15) is 0 Å². The lowest BCUT2D eigenvalue weighted by Crippen LogP contribution is -2.39. The molecule has 0 aromatic heterocycles. The van der Waals surface area contributed by atoms with E-state index in [-0.39, 0.29) is 0 Å². The van der Waals surface area contributed by atoms with Gasteiger partial charge in [-0.2, -0.15) is 0 Å². The standard InChI is InChI=1S/C17H29N3/c1-3-15(10-11-18)7-6-12-20-14-13-19(2)16-8-4-5-9-17(16)20/h4-5,8-9,15H,3,6-7,10-14,18H2,1-2H3. The number of para-hydroxylation sites is 2. The zero-order valence-electron chi connectivity index (χ0n) is 13.0. The van der Waals surface area contributed by atoms with Gasteiger partial charge in [-0.1, -0.05) is 25.5 Å². The number of nitrogens with zero attached hydrogens (tertiary/aromatic N) is 2. The summed E-state index contributed by atoms with van der Waals surface area (Å²) in [5.74, 6) is 0.808. The summed E-state index contributed by atoms with van der Waals surface area (Å²) in [5, 5.41) is 0. The predicted octanol–water partition coefficient (Wildman–Crippen LogP) is 3.10. The van der Waals surface area contributed by atoms with E-state index in [1.165, 1.54) is 43.6 Å². The van der Waals surface area contributed by atoms with Crippen LogP contribution < -0.4 is 15.5 Å². The normalized spacial score (nSPS) is 16.1. The first-order chi connectivity index (χ1) is 9.76. The molecule has 3 nitrogen and oxygen atoms in total. The summed E-state index contributed by atoms with van der Waals surface area (Å²) in [5.41, 5.74) is 8.45. The second-order valence-electron chi connectivity index (χ2n) is 5.89. The first-order valence-electron chi connectivity index (χ1n) is 8.01. The van der Waals surface area contributed by atoms with E-state index < -0.39 is 0 Å². The van der Waals surface area contributed by atoms with E-state index in [1.807, 2.05) is 0 Å². The molecule has 0 saturated heterocycles. The molecule has 1 aromatic carbocycles. The Morgan fingerprint density at radius 2 is 1.90 bits per heavy atom. The van der Waals surface area contributed by atoms with E-state index in [0.29, 0.717) is 0 Å². The van der Waals surface area contributed by atoms with E-state index in [4.69, 9.17) is 5.73 Å². The van der Waals surface area contributed by atoms with Crippen LogP contribution in [0.15, 0.2) is 24.3 Å². The van der Waals surface area contributed by atoms with Gasteiger partial charge in [-0.25, -0.2) is 0 Å². The Hall–Kier alpha value is -1.22. The van der Waals surface area contributed by atoms with Crippen molar-refractivity contribution < 1.29 is 0 Å². The SMILES string of the molecule is CCC(CCN)CCCN1CCN(C)c2ccccc21. The zero-order valence-corrected chi connectivity index (χ0v) is 13.0. The maximum atomic E-state index is 5.68. The molecule has 0 spiro atoms. The minimum Gasteiger partial charge on any atom is -0.371 e. The second kappa shape index (κ2) is 7.53. The Morgan fingerprint density at radius 1 is 1.15 bits per heavy atom. The fourth-order valence-electron chi connectivity index (χ4n) is 3.16. The summed E-state index contributed by atoms with van der Waals surface area (Å²) in [6, 6.07) is 8.76. The maximum Gasteiger partial charge on any atom is 0.0604 e. The van der Waals surface area contributed by atoms with Crippen LogP contribution in [0.5, 0.6) is 0 Å². The Kier molecular flexibility index (Phi) is 5.72. The number of hydrogen-bond donors (Lipinski definition) is 1. The highest BCUT2D eigenvalue weighted by Crippen LogP contribution is 2.32. The minimum atomic E-state index is 0.808. The molecular formula is C17H29N3. The topological polar surface area (TPSA) is 32.5 Å². The predicted molar refractivity (Wildman–Crippen MR) is 88.6 cm³/mol. The van der Waals surface area contributed by atoms with Crippen molar-refractivity contribution in [2.45, 2.75) is 32.6 Å². The Balaban J connectivity index is 1.89. The molecule has 0 radical (unpaired) electrons. The summed E-state index contributed by atoms with van der Waals surface area (Å²) in [6.45, 7) is 6.55. The van der Waals surface area contributed by atoms with Crippen LogP contribution in [0.3, 0.4) is 0 Å². The smallest absolute Gasteiger partial charge is 0.0604 e. The molecule has 3 heteroatoms. The highest BCUT2D eigenvalue weighted by Gasteiger charge is 2.19. The quantitative estimate of drug-likeness (QED) is 0.830. The third-order valence-electron chi connectivity index (χ3n) is 4.53. The molecule has 0 aliphatic carbocycles. The third-order valence-corrected chi connectivity index (χ3v) is 4.53. The zero-order chi connectivity index (χ0) is 14.4. The van der Waals surface area contributed by atoms with Gasteiger partial charge in [0.1, 0.15) is 0 Å². The van der Waals surface area contributed by atoms with Crippen LogP contribution in [0.2, 0.25) is 0 Å². The molecule has 112 valence electrons. The number of benzene rings is 1.